The van der Waals surface area contributed by atoms with E-state index in [9.17, 15) is 17.1 Å². The summed E-state index contributed by atoms with van der Waals surface area (Å²) in [6.07, 6.45) is 0. The predicted octanol–water partition coefficient (Wildman–Crippen LogP) is 6.07. The number of ether oxygens (including phenoxy) is 1. The number of nitrogens with two attached hydrogens (primary N) is 2. The van der Waals surface area contributed by atoms with Crippen molar-refractivity contribution in [3.63, 3.8) is 0 Å². The van der Waals surface area contributed by atoms with Gasteiger partial charge in [0.2, 0.25) is 5.95 Å². The lowest BCUT2D eigenvalue weighted by Crippen LogP contribution is -2.14. The minimum atomic E-state index is -5.01. The lowest BCUT2D eigenvalue weighted by molar-refractivity contribution is 0.102. The molecule has 0 fully saturated rings. The molecule has 0 atom stereocenters. The van der Waals surface area contributed by atoms with Gasteiger partial charge in [-0.05, 0) is 66.6 Å². The minimum Gasteiger partial charge on any atom is -0.487 e. The van der Waals surface area contributed by atoms with Crippen LogP contribution < -0.4 is 21.5 Å². The number of benzene rings is 3. The van der Waals surface area contributed by atoms with Gasteiger partial charge in [0.25, 0.3) is 5.91 Å². The number of hydrogen-bond acceptors (Lipinski definition) is 8. The number of nitrogens with one attached hydrogen (secondary N) is 1. The Labute approximate surface area is 238 Å². The molecule has 0 saturated carbocycles. The predicted molar refractivity (Wildman–Crippen MR) is 150 cm³/mol. The highest BCUT2D eigenvalue weighted by Crippen LogP contribution is 2.34. The highest BCUT2D eigenvalue weighted by atomic mass is 35.5. The Morgan fingerprint density at radius 1 is 0.974 bits per heavy atom. The molecule has 4 rings (SSSR count). The number of amides is 1. The Morgan fingerprint density at radius 3 is 2.36 bits per heavy atom. The molecule has 0 aliphatic rings. The Hall–Kier alpha value is -3.64. The fraction of sp³-hybridized carbons (Fsp3) is 0.0800. The Bertz CT molecular complexity index is 1720. The van der Waals surface area contributed by atoms with Crippen molar-refractivity contribution in [2.75, 3.05) is 16.8 Å². The molecule has 3 aromatic carbocycles. The maximum absolute atomic E-state index is 13.4. The summed E-state index contributed by atoms with van der Waals surface area (Å²) < 4.78 is 41.7. The second kappa shape index (κ2) is 11.2. The second-order valence-corrected chi connectivity index (χ2v) is 10.8. The van der Waals surface area contributed by atoms with Gasteiger partial charge in [-0.3, -0.25) is 4.79 Å². The molecule has 14 heteroatoms. The van der Waals surface area contributed by atoms with Gasteiger partial charge in [-0.2, -0.15) is 13.4 Å². The van der Waals surface area contributed by atoms with Crippen LogP contribution in [0.2, 0.25) is 15.1 Å². The molecule has 0 bridgehead atoms. The number of aryl methyl sites for hydroxylation is 1. The first-order chi connectivity index (χ1) is 18.3. The smallest absolute Gasteiger partial charge is 0.332 e. The van der Waals surface area contributed by atoms with E-state index in [4.69, 9.17) is 51.0 Å². The summed E-state index contributed by atoms with van der Waals surface area (Å²) in [6, 6.07) is 12.8. The Kier molecular flexibility index (Phi) is 8.17. The number of nitrogens with zero attached hydrogens (tertiary/aromatic N) is 2. The van der Waals surface area contributed by atoms with Gasteiger partial charge in [0.1, 0.15) is 18.2 Å². The zero-order chi connectivity index (χ0) is 28.5. The molecule has 0 radical (unpaired) electrons. The van der Waals surface area contributed by atoms with E-state index in [1.54, 1.807) is 43.3 Å². The molecule has 1 aromatic heterocycles. The van der Waals surface area contributed by atoms with Crippen molar-refractivity contribution in [2.24, 2.45) is 0 Å². The van der Waals surface area contributed by atoms with Crippen molar-refractivity contribution in [1.29, 1.82) is 0 Å². The van der Waals surface area contributed by atoms with Crippen molar-refractivity contribution in [3.8, 4) is 16.9 Å². The van der Waals surface area contributed by atoms with Crippen LogP contribution in [-0.2, 0) is 16.8 Å². The molecule has 9 nitrogen and oxygen atoms in total. The molecular formula is C25H19Cl3FN5O4S. The molecule has 4 aromatic rings. The van der Waals surface area contributed by atoms with Crippen LogP contribution in [0, 0.1) is 6.92 Å². The topological polar surface area (TPSA) is 150 Å². The number of carbonyl (C=O) groups excluding carboxylic acids is 1. The van der Waals surface area contributed by atoms with Crippen LogP contribution in [0.5, 0.6) is 5.75 Å². The molecule has 0 aliphatic carbocycles. The molecule has 0 unspecified atom stereocenters. The monoisotopic (exact) mass is 609 g/mol. The largest absolute Gasteiger partial charge is 0.487 e. The fourth-order valence-corrected chi connectivity index (χ4v) is 4.65. The number of hydrogen-bond donors (Lipinski definition) is 3. The maximum Gasteiger partial charge on any atom is 0.332 e. The number of anilines is 3. The lowest BCUT2D eigenvalue weighted by atomic mass is 10.0. The van der Waals surface area contributed by atoms with E-state index in [0.29, 0.717) is 43.9 Å². The van der Waals surface area contributed by atoms with Crippen LogP contribution in [0.4, 0.5) is 21.3 Å². The van der Waals surface area contributed by atoms with Gasteiger partial charge in [0.05, 0.1) is 31.2 Å². The van der Waals surface area contributed by atoms with Crippen molar-refractivity contribution in [3.05, 3.63) is 86.5 Å². The highest BCUT2D eigenvalue weighted by molar-refractivity contribution is 7.86. The third kappa shape index (κ3) is 6.51. The number of carbonyl (C=O) groups is 1. The van der Waals surface area contributed by atoms with Crippen molar-refractivity contribution < 1.29 is 21.8 Å². The third-order valence-corrected chi connectivity index (χ3v) is 7.41. The first-order valence-electron chi connectivity index (χ1n) is 11.0. The number of aromatic nitrogens is 2. The van der Waals surface area contributed by atoms with E-state index < -0.39 is 21.0 Å². The van der Waals surface area contributed by atoms with E-state index in [2.05, 4.69) is 15.3 Å². The van der Waals surface area contributed by atoms with E-state index >= 15 is 0 Å². The average Bonchev–Trinajstić information content (AvgIpc) is 2.85. The van der Waals surface area contributed by atoms with E-state index in [1.807, 2.05) is 0 Å². The zero-order valence-electron chi connectivity index (χ0n) is 20.0. The molecule has 0 spiro atoms. The van der Waals surface area contributed by atoms with Crippen LogP contribution in [0.3, 0.4) is 0 Å². The highest BCUT2D eigenvalue weighted by Gasteiger charge is 2.19. The number of halogens is 4. The molecule has 5 N–H and O–H groups in total. The van der Waals surface area contributed by atoms with Crippen molar-refractivity contribution in [2.45, 2.75) is 18.4 Å². The summed E-state index contributed by atoms with van der Waals surface area (Å²) in [6.45, 7) is 1.69. The molecule has 0 saturated heterocycles. The Balaban J connectivity index is 1.54. The SMILES string of the molecule is Cc1cc(OCc2nc(N)nc(N)c2-c2ccc(Cl)c(Cl)c2)ccc1NC(=O)c1cc(S(=O)(=O)F)ccc1Cl. The normalized spacial score (nSPS) is 11.3. The van der Waals surface area contributed by atoms with Crippen LogP contribution in [0.15, 0.2) is 59.5 Å². The quantitative estimate of drug-likeness (QED) is 0.214. The molecule has 0 aliphatic heterocycles. The van der Waals surface area contributed by atoms with Gasteiger partial charge >= 0.3 is 10.2 Å². The van der Waals surface area contributed by atoms with Gasteiger partial charge in [-0.25, -0.2) is 4.98 Å². The molecule has 202 valence electrons. The molecular weight excluding hydrogens is 592 g/mol. The van der Waals surface area contributed by atoms with E-state index in [0.717, 1.165) is 18.2 Å². The fourth-order valence-electron chi connectivity index (χ4n) is 3.65. The van der Waals surface area contributed by atoms with Crippen LogP contribution in [-0.4, -0.2) is 24.3 Å². The van der Waals surface area contributed by atoms with Crippen LogP contribution >= 0.6 is 34.8 Å². The van der Waals surface area contributed by atoms with E-state index in [1.165, 1.54) is 0 Å². The van der Waals surface area contributed by atoms with Gasteiger partial charge in [-0.15, -0.1) is 3.89 Å². The van der Waals surface area contributed by atoms with Crippen LogP contribution in [0.1, 0.15) is 21.6 Å². The first kappa shape index (κ1) is 28.4. The Morgan fingerprint density at radius 2 is 1.69 bits per heavy atom. The van der Waals surface area contributed by atoms with Gasteiger partial charge < -0.3 is 21.5 Å². The number of nitrogen functional groups attached to an aromatic ring is 2. The zero-order valence-corrected chi connectivity index (χ0v) is 23.1. The lowest BCUT2D eigenvalue weighted by Gasteiger charge is -2.15. The average molecular weight is 611 g/mol. The maximum atomic E-state index is 13.4. The second-order valence-electron chi connectivity index (χ2n) is 8.22. The van der Waals surface area contributed by atoms with Gasteiger partial charge in [0.15, 0.2) is 0 Å². The summed E-state index contributed by atoms with van der Waals surface area (Å²) in [5.41, 5.74) is 14.2. The van der Waals surface area contributed by atoms with Crippen LogP contribution in [0.25, 0.3) is 11.1 Å². The molecule has 39 heavy (non-hydrogen) atoms. The summed E-state index contributed by atoms with van der Waals surface area (Å²) >= 11 is 18.2. The van der Waals surface area contributed by atoms with E-state index in [-0.39, 0.29) is 29.0 Å². The number of rotatable bonds is 7. The van der Waals surface area contributed by atoms with Crippen molar-refractivity contribution in [1.82, 2.24) is 9.97 Å². The summed E-state index contributed by atoms with van der Waals surface area (Å²) in [5.74, 6) is -0.185. The van der Waals surface area contributed by atoms with Gasteiger partial charge in [-0.1, -0.05) is 40.9 Å². The van der Waals surface area contributed by atoms with Gasteiger partial charge in [0, 0.05) is 11.3 Å². The molecule has 1 amide bonds. The molecule has 1 heterocycles. The summed E-state index contributed by atoms with van der Waals surface area (Å²) in [5, 5.41) is 3.28. The standard InChI is InChI=1S/C25H19Cl3FN5O4S/c1-12-8-14(3-7-20(12)32-24(35)16-10-15(39(29,36)37)4-6-17(16)26)38-11-21-22(23(30)34-25(31)33-21)13-2-5-18(27)19(28)9-13/h2-10H,11H2,1H3,(H,32,35)(H4,30,31,33,34). The first-order valence-corrected chi connectivity index (χ1v) is 13.5. The van der Waals surface area contributed by atoms with Crippen molar-refractivity contribution >= 4 is 68.4 Å². The summed E-state index contributed by atoms with van der Waals surface area (Å²) in [7, 11) is -5.01. The summed E-state index contributed by atoms with van der Waals surface area (Å²) in [4.78, 5) is 20.4. The third-order valence-electron chi connectivity index (χ3n) is 5.52. The minimum absolute atomic E-state index is 0.0300.